The smallest absolute Gasteiger partial charge is 0.446 e. The molecule has 0 radical (unpaired) electrons. The molecule has 0 heterocycles. The summed E-state index contributed by atoms with van der Waals surface area (Å²) in [6.07, 6.45) is 1.67. The minimum Gasteiger partial charge on any atom is -0.457 e. The lowest BCUT2D eigenvalue weighted by atomic mass is 10.1. The number of anilines is 1. The van der Waals surface area contributed by atoms with Crippen LogP contribution in [0.1, 0.15) is 37.8 Å². The van der Waals surface area contributed by atoms with Gasteiger partial charge in [0.2, 0.25) is 0 Å². The van der Waals surface area contributed by atoms with E-state index in [4.69, 9.17) is 16.3 Å². The van der Waals surface area contributed by atoms with Crippen LogP contribution in [-0.4, -0.2) is 23.3 Å². The molecule has 3 aromatic carbocycles. The molecule has 1 atom stereocenters. The molecule has 0 amide bonds. The van der Waals surface area contributed by atoms with E-state index in [0.717, 1.165) is 29.7 Å². The van der Waals surface area contributed by atoms with Gasteiger partial charge in [-0.1, -0.05) is 50.1 Å². The number of rotatable bonds is 11. The quantitative estimate of drug-likeness (QED) is 0.255. The summed E-state index contributed by atoms with van der Waals surface area (Å²) < 4.78 is 44.6. The van der Waals surface area contributed by atoms with Crippen molar-refractivity contribution in [2.75, 3.05) is 11.4 Å². The Balaban J connectivity index is 1.85. The number of ether oxygens (including phenoxy) is 1. The van der Waals surface area contributed by atoms with E-state index in [9.17, 15) is 18.3 Å². The molecule has 3 aromatic rings. The van der Waals surface area contributed by atoms with E-state index in [-0.39, 0.29) is 16.7 Å². The molecule has 0 aliphatic carbocycles. The molecule has 0 fully saturated rings. The third kappa shape index (κ3) is 8.67. The summed E-state index contributed by atoms with van der Waals surface area (Å²) in [5.74, 6) is 1.28. The maximum absolute atomic E-state index is 12.8. The largest absolute Gasteiger partial charge is 0.457 e. The predicted octanol–water partition coefficient (Wildman–Crippen LogP) is 8.47. The molecule has 188 valence electrons. The molecule has 1 unspecified atom stereocenters. The summed E-state index contributed by atoms with van der Waals surface area (Å²) in [5, 5.41) is 11.2. The maximum Gasteiger partial charge on any atom is 0.446 e. The maximum atomic E-state index is 12.8. The topological polar surface area (TPSA) is 32.7 Å². The molecule has 0 aliphatic rings. The van der Waals surface area contributed by atoms with Gasteiger partial charge >= 0.3 is 5.51 Å². The lowest BCUT2D eigenvalue weighted by Gasteiger charge is -2.28. The average Bonchev–Trinajstić information content (AvgIpc) is 2.79. The van der Waals surface area contributed by atoms with Gasteiger partial charge in [-0.3, -0.25) is 0 Å². The second-order valence-electron chi connectivity index (χ2n) is 8.22. The van der Waals surface area contributed by atoms with Gasteiger partial charge in [0, 0.05) is 34.8 Å². The lowest BCUT2D eigenvalue weighted by molar-refractivity contribution is -0.0328. The van der Waals surface area contributed by atoms with Crippen LogP contribution in [-0.2, 0) is 13.0 Å². The van der Waals surface area contributed by atoms with Crippen LogP contribution in [0.4, 0.5) is 18.9 Å². The fourth-order valence-corrected chi connectivity index (χ4v) is 4.64. The number of benzene rings is 3. The molecule has 0 bridgehead atoms. The summed E-state index contributed by atoms with van der Waals surface area (Å²) >= 11 is 6.08. The van der Waals surface area contributed by atoms with Gasteiger partial charge in [-0.25, -0.2) is 0 Å². The SMILES string of the molecule is CCCC(O)CN(Cc1cccc(SC(F)(F)F)c1)c1cccc(Oc2ccc(Cl)c(CC)c2)c1. The standard InChI is InChI=1S/C27H29ClF3NO2S/c1-3-7-22(33)18-32(17-19-8-5-11-25(14-19)35-27(29,30)31)21-9-6-10-23(16-21)34-24-12-13-26(28)20(4-2)15-24/h5-6,8-16,22,33H,3-4,7,17-18H2,1-2H3. The highest BCUT2D eigenvalue weighted by atomic mass is 35.5. The van der Waals surface area contributed by atoms with Gasteiger partial charge in [-0.15, -0.1) is 0 Å². The summed E-state index contributed by atoms with van der Waals surface area (Å²) in [6, 6.07) is 19.4. The molecule has 0 saturated heterocycles. The highest BCUT2D eigenvalue weighted by Crippen LogP contribution is 2.37. The molecule has 0 saturated carbocycles. The number of hydrogen-bond acceptors (Lipinski definition) is 4. The molecular weight excluding hydrogens is 495 g/mol. The second kappa shape index (κ2) is 12.6. The molecule has 0 aromatic heterocycles. The summed E-state index contributed by atoms with van der Waals surface area (Å²) in [4.78, 5) is 2.10. The van der Waals surface area contributed by atoms with Crippen molar-refractivity contribution in [3.05, 3.63) is 82.9 Å². The molecular formula is C27H29ClF3NO2S. The van der Waals surface area contributed by atoms with Gasteiger partial charge in [0.25, 0.3) is 0 Å². The number of hydrogen-bond donors (Lipinski definition) is 1. The van der Waals surface area contributed by atoms with Crippen LogP contribution in [0.2, 0.25) is 5.02 Å². The van der Waals surface area contributed by atoms with Crippen molar-refractivity contribution < 1.29 is 23.0 Å². The molecule has 3 nitrogen and oxygen atoms in total. The molecule has 0 aliphatic heterocycles. The number of halogens is 4. The van der Waals surface area contributed by atoms with Crippen LogP contribution in [0, 0.1) is 0 Å². The van der Waals surface area contributed by atoms with Crippen molar-refractivity contribution in [1.29, 1.82) is 0 Å². The highest BCUT2D eigenvalue weighted by molar-refractivity contribution is 8.00. The number of aryl methyl sites for hydroxylation is 1. The molecule has 0 spiro atoms. The van der Waals surface area contributed by atoms with Crippen LogP contribution in [0.25, 0.3) is 0 Å². The van der Waals surface area contributed by atoms with Crippen LogP contribution < -0.4 is 9.64 Å². The van der Waals surface area contributed by atoms with Crippen molar-refractivity contribution in [3.8, 4) is 11.5 Å². The summed E-state index contributed by atoms with van der Waals surface area (Å²) in [7, 11) is 0. The number of thioether (sulfide) groups is 1. The minimum atomic E-state index is -4.35. The van der Waals surface area contributed by atoms with E-state index in [0.29, 0.717) is 36.0 Å². The van der Waals surface area contributed by atoms with E-state index < -0.39 is 11.6 Å². The van der Waals surface area contributed by atoms with E-state index in [1.165, 1.54) is 12.1 Å². The first-order valence-corrected chi connectivity index (χ1v) is 12.7. The van der Waals surface area contributed by atoms with Gasteiger partial charge in [0.05, 0.1) is 6.10 Å². The normalized spacial score (nSPS) is 12.4. The van der Waals surface area contributed by atoms with Gasteiger partial charge in [0.1, 0.15) is 11.5 Å². The first-order valence-electron chi connectivity index (χ1n) is 11.5. The summed E-state index contributed by atoms with van der Waals surface area (Å²) in [6.45, 7) is 4.70. The third-order valence-corrected chi connectivity index (χ3v) is 6.46. The monoisotopic (exact) mass is 523 g/mol. The van der Waals surface area contributed by atoms with Gasteiger partial charge in [-0.2, -0.15) is 13.2 Å². The molecule has 3 rings (SSSR count). The van der Waals surface area contributed by atoms with Gasteiger partial charge in [-0.05, 0) is 78.2 Å². The zero-order chi connectivity index (χ0) is 25.4. The van der Waals surface area contributed by atoms with Crippen molar-refractivity contribution in [2.45, 2.75) is 56.2 Å². The van der Waals surface area contributed by atoms with Crippen molar-refractivity contribution in [1.82, 2.24) is 0 Å². The van der Waals surface area contributed by atoms with Crippen molar-refractivity contribution in [3.63, 3.8) is 0 Å². The van der Waals surface area contributed by atoms with Crippen molar-refractivity contribution >= 4 is 29.1 Å². The molecule has 8 heteroatoms. The zero-order valence-electron chi connectivity index (χ0n) is 19.7. The Morgan fingerprint density at radius 1 is 1.00 bits per heavy atom. The number of nitrogens with zero attached hydrogens (tertiary/aromatic N) is 1. The Labute approximate surface area is 213 Å². The van der Waals surface area contributed by atoms with E-state index in [2.05, 4.69) is 0 Å². The van der Waals surface area contributed by atoms with E-state index in [1.54, 1.807) is 24.3 Å². The first-order chi connectivity index (χ1) is 16.7. The molecule has 1 N–H and O–H groups in total. The lowest BCUT2D eigenvalue weighted by Crippen LogP contribution is -2.32. The van der Waals surface area contributed by atoms with Crippen LogP contribution in [0.3, 0.4) is 0 Å². The highest BCUT2D eigenvalue weighted by Gasteiger charge is 2.29. The number of alkyl halides is 3. The second-order valence-corrected chi connectivity index (χ2v) is 9.77. The first kappa shape index (κ1) is 27.2. The Morgan fingerprint density at radius 3 is 2.46 bits per heavy atom. The molecule has 35 heavy (non-hydrogen) atoms. The van der Waals surface area contributed by atoms with Gasteiger partial charge < -0.3 is 14.7 Å². The van der Waals surface area contributed by atoms with Crippen LogP contribution in [0.5, 0.6) is 11.5 Å². The zero-order valence-corrected chi connectivity index (χ0v) is 21.3. The Hall–Kier alpha value is -2.35. The van der Waals surface area contributed by atoms with Gasteiger partial charge in [0.15, 0.2) is 0 Å². The predicted molar refractivity (Wildman–Crippen MR) is 138 cm³/mol. The Bertz CT molecular complexity index is 1110. The van der Waals surface area contributed by atoms with Crippen molar-refractivity contribution in [2.24, 2.45) is 0 Å². The Morgan fingerprint density at radius 2 is 1.74 bits per heavy atom. The summed E-state index contributed by atoms with van der Waals surface area (Å²) in [5.41, 5.74) is -1.84. The van der Waals surface area contributed by atoms with Crippen LogP contribution in [0.15, 0.2) is 71.6 Å². The van der Waals surface area contributed by atoms with E-state index >= 15 is 0 Å². The van der Waals surface area contributed by atoms with E-state index in [1.807, 2.05) is 49.1 Å². The fourth-order valence-electron chi connectivity index (χ4n) is 3.77. The average molecular weight is 524 g/mol. The number of aliphatic hydroxyl groups excluding tert-OH is 1. The van der Waals surface area contributed by atoms with Crippen LogP contribution >= 0.6 is 23.4 Å². The fraction of sp³-hybridized carbons (Fsp3) is 0.333. The Kier molecular flexibility index (Phi) is 9.78. The minimum absolute atomic E-state index is 0.130. The third-order valence-electron chi connectivity index (χ3n) is 5.38. The number of aliphatic hydroxyl groups is 1.